The summed E-state index contributed by atoms with van der Waals surface area (Å²) in [5.74, 6) is -0.689. The van der Waals surface area contributed by atoms with Crippen molar-refractivity contribution in [3.05, 3.63) is 39.9 Å². The Kier molecular flexibility index (Phi) is 3.30. The number of carbonyl (C=O) groups is 1. The summed E-state index contributed by atoms with van der Waals surface area (Å²) in [6.07, 6.45) is 0. The number of carbonyl (C=O) groups excluding carboxylic acids is 1. The first-order valence-corrected chi connectivity index (χ1v) is 5.95. The molecule has 1 fully saturated rings. The highest BCUT2D eigenvalue weighted by Gasteiger charge is 2.26. The third-order valence-electron chi connectivity index (χ3n) is 2.47. The largest absolute Gasteiger partial charge is 0.548 e. The van der Waals surface area contributed by atoms with Gasteiger partial charge in [-0.15, -0.1) is 11.8 Å². The Labute approximate surface area is 101 Å². The van der Waals surface area contributed by atoms with Gasteiger partial charge in [-0.05, 0) is 17.7 Å². The van der Waals surface area contributed by atoms with E-state index < -0.39 is 16.9 Å². The molecule has 1 saturated heterocycles. The lowest BCUT2D eigenvalue weighted by atomic mass is 10.2. The lowest BCUT2D eigenvalue weighted by Crippen LogP contribution is -2.43. The van der Waals surface area contributed by atoms with Crippen molar-refractivity contribution in [2.24, 2.45) is 0 Å². The van der Waals surface area contributed by atoms with Crippen LogP contribution in [0.2, 0.25) is 0 Å². The zero-order chi connectivity index (χ0) is 12.4. The van der Waals surface area contributed by atoms with Crippen molar-refractivity contribution in [2.75, 3.05) is 5.75 Å². The SMILES string of the molecule is O=C([O-])[C@@H]1CSC(c2ccc([N+](=O)[O-])cc2)N1. The quantitative estimate of drug-likeness (QED) is 0.604. The van der Waals surface area contributed by atoms with Crippen LogP contribution in [0.1, 0.15) is 10.9 Å². The van der Waals surface area contributed by atoms with Crippen molar-refractivity contribution in [3.63, 3.8) is 0 Å². The van der Waals surface area contributed by atoms with Gasteiger partial charge in [0.1, 0.15) is 0 Å². The molecule has 90 valence electrons. The first kappa shape index (κ1) is 11.9. The van der Waals surface area contributed by atoms with Gasteiger partial charge >= 0.3 is 0 Å². The molecule has 2 rings (SSSR count). The molecule has 0 aliphatic carbocycles. The van der Waals surface area contributed by atoms with Gasteiger partial charge in [-0.1, -0.05) is 0 Å². The maximum Gasteiger partial charge on any atom is 0.269 e. The fourth-order valence-electron chi connectivity index (χ4n) is 1.57. The smallest absolute Gasteiger partial charge is 0.269 e. The van der Waals surface area contributed by atoms with Crippen LogP contribution in [0.4, 0.5) is 5.69 Å². The van der Waals surface area contributed by atoms with Crippen LogP contribution in [-0.2, 0) is 4.79 Å². The number of hydrogen-bond acceptors (Lipinski definition) is 6. The van der Waals surface area contributed by atoms with Crippen LogP contribution in [0.3, 0.4) is 0 Å². The van der Waals surface area contributed by atoms with Gasteiger partial charge in [0.25, 0.3) is 5.69 Å². The number of hydrogen-bond donors (Lipinski definition) is 1. The number of nitrogens with zero attached hydrogens (tertiary/aromatic N) is 1. The third kappa shape index (κ3) is 2.56. The summed E-state index contributed by atoms with van der Waals surface area (Å²) in [4.78, 5) is 20.6. The first-order chi connectivity index (χ1) is 8.08. The van der Waals surface area contributed by atoms with E-state index in [0.717, 1.165) is 5.56 Å². The highest BCUT2D eigenvalue weighted by Crippen LogP contribution is 2.33. The Bertz CT molecular complexity index is 448. The minimum atomic E-state index is -1.12. The van der Waals surface area contributed by atoms with Gasteiger partial charge in [-0.3, -0.25) is 15.4 Å². The Hall–Kier alpha value is -1.60. The molecule has 1 aromatic carbocycles. The van der Waals surface area contributed by atoms with Crippen molar-refractivity contribution < 1.29 is 14.8 Å². The molecule has 0 aromatic heterocycles. The van der Waals surface area contributed by atoms with Crippen LogP contribution in [0.15, 0.2) is 24.3 Å². The number of benzene rings is 1. The number of nitro groups is 1. The summed E-state index contributed by atoms with van der Waals surface area (Å²) in [6, 6.07) is 5.40. The van der Waals surface area contributed by atoms with E-state index in [9.17, 15) is 20.0 Å². The summed E-state index contributed by atoms with van der Waals surface area (Å²) in [5, 5.41) is 23.9. The zero-order valence-corrected chi connectivity index (χ0v) is 9.48. The monoisotopic (exact) mass is 253 g/mol. The van der Waals surface area contributed by atoms with E-state index in [1.807, 2.05) is 0 Å². The van der Waals surface area contributed by atoms with Crippen molar-refractivity contribution in [3.8, 4) is 0 Å². The number of non-ortho nitro benzene ring substituents is 1. The van der Waals surface area contributed by atoms with E-state index in [1.165, 1.54) is 23.9 Å². The summed E-state index contributed by atoms with van der Waals surface area (Å²) in [7, 11) is 0. The van der Waals surface area contributed by atoms with Crippen LogP contribution in [-0.4, -0.2) is 22.7 Å². The average molecular weight is 253 g/mol. The number of rotatable bonds is 3. The summed E-state index contributed by atoms with van der Waals surface area (Å²) < 4.78 is 0. The van der Waals surface area contributed by atoms with Gasteiger partial charge in [0.2, 0.25) is 0 Å². The van der Waals surface area contributed by atoms with Crippen LogP contribution in [0, 0.1) is 10.1 Å². The maximum absolute atomic E-state index is 10.6. The van der Waals surface area contributed by atoms with E-state index in [-0.39, 0.29) is 11.1 Å². The van der Waals surface area contributed by atoms with Gasteiger partial charge < -0.3 is 9.90 Å². The Morgan fingerprint density at radius 1 is 1.41 bits per heavy atom. The van der Waals surface area contributed by atoms with Crippen molar-refractivity contribution in [2.45, 2.75) is 11.4 Å². The molecular weight excluding hydrogens is 244 g/mol. The van der Waals surface area contributed by atoms with E-state index >= 15 is 0 Å². The molecule has 0 saturated carbocycles. The predicted octanol–water partition coefficient (Wildman–Crippen LogP) is 0.0483. The fraction of sp³-hybridized carbons (Fsp3) is 0.300. The van der Waals surface area contributed by atoms with E-state index in [1.54, 1.807) is 12.1 Å². The van der Waals surface area contributed by atoms with Crippen molar-refractivity contribution >= 4 is 23.4 Å². The summed E-state index contributed by atoms with van der Waals surface area (Å²) >= 11 is 1.44. The van der Waals surface area contributed by atoms with Crippen LogP contribution in [0.25, 0.3) is 0 Å². The molecule has 7 heteroatoms. The van der Waals surface area contributed by atoms with Gasteiger partial charge in [0.05, 0.1) is 22.3 Å². The minimum Gasteiger partial charge on any atom is -0.548 e. The maximum atomic E-state index is 10.6. The lowest BCUT2D eigenvalue weighted by Gasteiger charge is -2.13. The zero-order valence-electron chi connectivity index (χ0n) is 8.66. The molecule has 1 aliphatic rings. The Morgan fingerprint density at radius 2 is 2.06 bits per heavy atom. The normalized spacial score (nSPS) is 23.5. The molecule has 0 bridgehead atoms. The highest BCUT2D eigenvalue weighted by atomic mass is 32.2. The standard InChI is InChI=1S/C10H10N2O4S/c13-10(14)8-5-17-9(11-8)6-1-3-7(4-2-6)12(15)16/h1-4,8-9,11H,5H2,(H,13,14)/p-1/t8-,9?/m0/s1. The number of carboxylic acid groups (broad SMARTS) is 1. The van der Waals surface area contributed by atoms with E-state index in [0.29, 0.717) is 5.75 Å². The second-order valence-electron chi connectivity index (χ2n) is 3.60. The van der Waals surface area contributed by atoms with Gasteiger partial charge in [0.15, 0.2) is 0 Å². The van der Waals surface area contributed by atoms with E-state index in [2.05, 4.69) is 5.32 Å². The topological polar surface area (TPSA) is 95.3 Å². The highest BCUT2D eigenvalue weighted by molar-refractivity contribution is 7.99. The lowest BCUT2D eigenvalue weighted by molar-refractivity contribution is -0.384. The number of thioether (sulfide) groups is 1. The minimum absolute atomic E-state index is 0.0215. The molecule has 6 nitrogen and oxygen atoms in total. The van der Waals surface area contributed by atoms with Crippen molar-refractivity contribution in [1.29, 1.82) is 0 Å². The second kappa shape index (κ2) is 4.72. The summed E-state index contributed by atoms with van der Waals surface area (Å²) in [5.41, 5.74) is 0.845. The molecule has 1 unspecified atom stereocenters. The third-order valence-corrected chi connectivity index (χ3v) is 3.74. The summed E-state index contributed by atoms with van der Waals surface area (Å²) in [6.45, 7) is 0. The predicted molar refractivity (Wildman–Crippen MR) is 60.2 cm³/mol. The van der Waals surface area contributed by atoms with Crippen molar-refractivity contribution in [1.82, 2.24) is 5.32 Å². The fourth-order valence-corrected chi connectivity index (χ4v) is 2.80. The van der Waals surface area contributed by atoms with Gasteiger partial charge in [0, 0.05) is 17.9 Å². The molecule has 1 aliphatic heterocycles. The molecule has 2 atom stereocenters. The van der Waals surface area contributed by atoms with Gasteiger partial charge in [-0.25, -0.2) is 0 Å². The Morgan fingerprint density at radius 3 is 2.53 bits per heavy atom. The molecular formula is C10H9N2O4S-. The van der Waals surface area contributed by atoms with Crippen LogP contribution < -0.4 is 10.4 Å². The molecule has 0 amide bonds. The number of nitrogens with one attached hydrogen (secondary N) is 1. The molecule has 1 N–H and O–H groups in total. The second-order valence-corrected chi connectivity index (χ2v) is 4.74. The molecule has 1 aromatic rings. The number of carboxylic acids is 1. The molecule has 1 heterocycles. The van der Waals surface area contributed by atoms with Crippen LogP contribution >= 0.6 is 11.8 Å². The van der Waals surface area contributed by atoms with E-state index in [4.69, 9.17) is 0 Å². The first-order valence-electron chi connectivity index (χ1n) is 4.91. The molecule has 17 heavy (non-hydrogen) atoms. The van der Waals surface area contributed by atoms with Crippen LogP contribution in [0.5, 0.6) is 0 Å². The van der Waals surface area contributed by atoms with Gasteiger partial charge in [-0.2, -0.15) is 0 Å². The molecule has 0 radical (unpaired) electrons. The average Bonchev–Trinajstić information content (AvgIpc) is 2.78. The number of aliphatic carboxylic acids is 1. The molecule has 0 spiro atoms. The number of nitro benzene ring substituents is 1. The Balaban J connectivity index is 2.09.